The largest absolute Gasteiger partial charge is 0.437 e. The van der Waals surface area contributed by atoms with Gasteiger partial charge < -0.3 is 4.42 Å². The first-order valence-corrected chi connectivity index (χ1v) is 6.34. The molecule has 0 fully saturated rings. The maximum atomic E-state index is 13.5. The summed E-state index contributed by atoms with van der Waals surface area (Å²) in [6.07, 6.45) is 0. The molecule has 0 unspecified atom stereocenters. The van der Waals surface area contributed by atoms with Gasteiger partial charge in [-0.25, -0.2) is 9.37 Å². The summed E-state index contributed by atoms with van der Waals surface area (Å²) in [5, 5.41) is 9.29. The van der Waals surface area contributed by atoms with Crippen LogP contribution in [0.15, 0.2) is 27.8 Å². The molecule has 0 aliphatic rings. The zero-order valence-electron chi connectivity index (χ0n) is 10.0. The van der Waals surface area contributed by atoms with Crippen LogP contribution >= 0.6 is 11.8 Å². The molecule has 18 heavy (non-hydrogen) atoms. The molecule has 0 spiro atoms. The van der Waals surface area contributed by atoms with Crippen LogP contribution in [0, 0.1) is 31.0 Å². The average molecular weight is 262 g/mol. The van der Waals surface area contributed by atoms with E-state index in [0.717, 1.165) is 11.5 Å². The lowest BCUT2D eigenvalue weighted by Gasteiger charge is -2.01. The van der Waals surface area contributed by atoms with Crippen LogP contribution < -0.4 is 0 Å². The minimum Gasteiger partial charge on any atom is -0.437 e. The van der Waals surface area contributed by atoms with Crippen LogP contribution in [0.2, 0.25) is 0 Å². The molecule has 0 aliphatic carbocycles. The molecule has 0 saturated heterocycles. The summed E-state index contributed by atoms with van der Waals surface area (Å²) in [5.41, 5.74) is 1.77. The SMILES string of the molecule is Cc1nc(SCc2cc(C#N)ccc2F)oc1C. The minimum absolute atomic E-state index is 0.318. The highest BCUT2D eigenvalue weighted by molar-refractivity contribution is 7.98. The Morgan fingerprint density at radius 3 is 2.83 bits per heavy atom. The van der Waals surface area contributed by atoms with Crippen molar-refractivity contribution in [3.63, 3.8) is 0 Å². The molecule has 0 bridgehead atoms. The van der Waals surface area contributed by atoms with Gasteiger partial charge in [-0.3, -0.25) is 0 Å². The molecular weight excluding hydrogens is 251 g/mol. The molecule has 3 nitrogen and oxygen atoms in total. The Kier molecular flexibility index (Phi) is 3.68. The number of hydrogen-bond donors (Lipinski definition) is 0. The molecule has 0 atom stereocenters. The van der Waals surface area contributed by atoms with E-state index in [1.807, 2.05) is 19.9 Å². The minimum atomic E-state index is -0.318. The zero-order chi connectivity index (χ0) is 13.1. The van der Waals surface area contributed by atoms with Crippen LogP contribution in [0.5, 0.6) is 0 Å². The summed E-state index contributed by atoms with van der Waals surface area (Å²) < 4.78 is 18.9. The van der Waals surface area contributed by atoms with Crippen molar-refractivity contribution in [2.45, 2.75) is 24.8 Å². The Morgan fingerprint density at radius 1 is 1.44 bits per heavy atom. The van der Waals surface area contributed by atoms with E-state index < -0.39 is 0 Å². The Bertz CT molecular complexity index is 596. The van der Waals surface area contributed by atoms with Crippen LogP contribution in [0.1, 0.15) is 22.6 Å². The second kappa shape index (κ2) is 5.23. The highest BCUT2D eigenvalue weighted by Gasteiger charge is 2.09. The summed E-state index contributed by atoms with van der Waals surface area (Å²) in [6, 6.07) is 6.30. The molecule has 1 aromatic carbocycles. The lowest BCUT2D eigenvalue weighted by atomic mass is 10.1. The van der Waals surface area contributed by atoms with Crippen molar-refractivity contribution < 1.29 is 8.81 Å². The topological polar surface area (TPSA) is 49.8 Å². The number of hydrogen-bond acceptors (Lipinski definition) is 4. The van der Waals surface area contributed by atoms with Crippen molar-refractivity contribution in [3.05, 3.63) is 46.6 Å². The molecule has 92 valence electrons. The van der Waals surface area contributed by atoms with Gasteiger partial charge in [0.25, 0.3) is 5.22 Å². The first-order chi connectivity index (χ1) is 8.60. The maximum Gasteiger partial charge on any atom is 0.256 e. The van der Waals surface area contributed by atoms with Crippen LogP contribution in [-0.4, -0.2) is 4.98 Å². The molecule has 0 amide bonds. The summed E-state index contributed by atoms with van der Waals surface area (Å²) >= 11 is 1.31. The number of benzene rings is 1. The van der Waals surface area contributed by atoms with Gasteiger partial charge in [-0.15, -0.1) is 0 Å². The standard InChI is InChI=1S/C13H11FN2OS/c1-8-9(2)17-13(16-8)18-7-11-5-10(6-15)3-4-12(11)14/h3-5H,7H2,1-2H3. The molecule has 0 N–H and O–H groups in total. The molecule has 2 rings (SSSR count). The highest BCUT2D eigenvalue weighted by Crippen LogP contribution is 2.25. The van der Waals surface area contributed by atoms with Gasteiger partial charge in [-0.2, -0.15) is 5.26 Å². The second-order valence-corrected chi connectivity index (χ2v) is 4.75. The van der Waals surface area contributed by atoms with Crippen molar-refractivity contribution in [2.24, 2.45) is 0 Å². The average Bonchev–Trinajstić information content (AvgIpc) is 2.68. The molecule has 2 aromatic rings. The highest BCUT2D eigenvalue weighted by atomic mass is 32.2. The van der Waals surface area contributed by atoms with Crippen molar-refractivity contribution in [2.75, 3.05) is 0 Å². The van der Waals surface area contributed by atoms with Gasteiger partial charge in [-0.05, 0) is 37.6 Å². The fourth-order valence-corrected chi connectivity index (χ4v) is 2.29. The summed E-state index contributed by atoms with van der Waals surface area (Å²) in [7, 11) is 0. The number of halogens is 1. The lowest BCUT2D eigenvalue weighted by Crippen LogP contribution is -1.89. The zero-order valence-corrected chi connectivity index (χ0v) is 10.8. The van der Waals surface area contributed by atoms with Crippen molar-refractivity contribution in [3.8, 4) is 6.07 Å². The Morgan fingerprint density at radius 2 is 2.22 bits per heavy atom. The molecule has 0 radical (unpaired) electrons. The Hall–Kier alpha value is -1.80. The van der Waals surface area contributed by atoms with Crippen molar-refractivity contribution >= 4 is 11.8 Å². The van der Waals surface area contributed by atoms with Gasteiger partial charge in [-0.1, -0.05) is 11.8 Å². The van der Waals surface area contributed by atoms with E-state index in [-0.39, 0.29) is 5.82 Å². The molecular formula is C13H11FN2OS. The van der Waals surface area contributed by atoms with Gasteiger partial charge in [0.1, 0.15) is 11.6 Å². The van der Waals surface area contributed by atoms with Crippen molar-refractivity contribution in [1.82, 2.24) is 4.98 Å². The lowest BCUT2D eigenvalue weighted by molar-refractivity contribution is 0.431. The van der Waals surface area contributed by atoms with Crippen LogP contribution in [0.25, 0.3) is 0 Å². The van der Waals surface area contributed by atoms with Gasteiger partial charge in [0.05, 0.1) is 17.3 Å². The van der Waals surface area contributed by atoms with E-state index in [1.54, 1.807) is 6.07 Å². The van der Waals surface area contributed by atoms with E-state index in [9.17, 15) is 4.39 Å². The van der Waals surface area contributed by atoms with Gasteiger partial charge in [0.2, 0.25) is 0 Å². The third-order valence-electron chi connectivity index (χ3n) is 2.53. The quantitative estimate of drug-likeness (QED) is 0.793. The Balaban J connectivity index is 2.13. The van der Waals surface area contributed by atoms with Crippen LogP contribution in [0.4, 0.5) is 4.39 Å². The summed E-state index contributed by atoms with van der Waals surface area (Å²) in [5.74, 6) is 0.839. The third-order valence-corrected chi connectivity index (χ3v) is 3.41. The first kappa shape index (κ1) is 12.7. The Labute approximate surface area is 109 Å². The van der Waals surface area contributed by atoms with E-state index >= 15 is 0 Å². The summed E-state index contributed by atoms with van der Waals surface area (Å²) in [6.45, 7) is 3.70. The number of rotatable bonds is 3. The molecule has 0 saturated carbocycles. The predicted molar refractivity (Wildman–Crippen MR) is 66.7 cm³/mol. The maximum absolute atomic E-state index is 13.5. The molecule has 0 aliphatic heterocycles. The predicted octanol–water partition coefficient (Wildman–Crippen LogP) is 3.59. The van der Waals surface area contributed by atoms with Gasteiger partial charge >= 0.3 is 0 Å². The fourth-order valence-electron chi connectivity index (χ4n) is 1.40. The third kappa shape index (κ3) is 2.71. The number of thioether (sulfide) groups is 1. The van der Waals surface area contributed by atoms with Crippen molar-refractivity contribution in [1.29, 1.82) is 5.26 Å². The molecule has 1 heterocycles. The van der Waals surface area contributed by atoms with E-state index in [0.29, 0.717) is 22.1 Å². The number of oxazole rings is 1. The molecule has 5 heteroatoms. The van der Waals surface area contributed by atoms with E-state index in [4.69, 9.17) is 9.68 Å². The van der Waals surface area contributed by atoms with Crippen LogP contribution in [0.3, 0.4) is 0 Å². The summed E-state index contributed by atoms with van der Waals surface area (Å²) in [4.78, 5) is 4.21. The first-order valence-electron chi connectivity index (χ1n) is 5.35. The second-order valence-electron chi connectivity index (χ2n) is 3.83. The smallest absolute Gasteiger partial charge is 0.256 e. The number of aromatic nitrogens is 1. The fraction of sp³-hybridized carbons (Fsp3) is 0.231. The van der Waals surface area contributed by atoms with Crippen LogP contribution in [-0.2, 0) is 5.75 Å². The monoisotopic (exact) mass is 262 g/mol. The number of nitrogens with zero attached hydrogens (tertiary/aromatic N) is 2. The van der Waals surface area contributed by atoms with Gasteiger partial charge in [0, 0.05) is 5.75 Å². The number of nitriles is 1. The van der Waals surface area contributed by atoms with E-state index in [2.05, 4.69) is 4.98 Å². The molecule has 1 aromatic heterocycles. The normalized spacial score (nSPS) is 10.3. The van der Waals surface area contributed by atoms with E-state index in [1.165, 1.54) is 23.9 Å². The number of aryl methyl sites for hydroxylation is 2. The van der Waals surface area contributed by atoms with Gasteiger partial charge in [0.15, 0.2) is 0 Å².